The molecule has 102 valence electrons. The van der Waals surface area contributed by atoms with Gasteiger partial charge in [-0.25, -0.2) is 0 Å². The van der Waals surface area contributed by atoms with Gasteiger partial charge in [0.05, 0.1) is 0 Å². The molecule has 0 aromatic carbocycles. The number of thiophene rings is 1. The van der Waals surface area contributed by atoms with Gasteiger partial charge in [0.25, 0.3) is 0 Å². The third-order valence-electron chi connectivity index (χ3n) is 2.73. The highest BCUT2D eigenvalue weighted by molar-refractivity contribution is 7.98. The molecule has 0 radical (unpaired) electrons. The molecule has 0 saturated carbocycles. The van der Waals surface area contributed by atoms with Crippen LogP contribution in [0, 0.1) is 0 Å². The number of guanidine groups is 1. The van der Waals surface area contributed by atoms with Crippen molar-refractivity contribution < 1.29 is 0 Å². The molecule has 0 aliphatic carbocycles. The molecule has 5 heteroatoms. The molecule has 0 aliphatic rings. The molecule has 1 rings (SSSR count). The van der Waals surface area contributed by atoms with Crippen LogP contribution < -0.4 is 10.6 Å². The number of thioether (sulfide) groups is 1. The van der Waals surface area contributed by atoms with Crippen molar-refractivity contribution in [3.05, 3.63) is 22.4 Å². The van der Waals surface area contributed by atoms with Crippen LogP contribution in [0.4, 0.5) is 0 Å². The number of nitrogens with one attached hydrogen (secondary N) is 2. The minimum absolute atomic E-state index is 0.515. The van der Waals surface area contributed by atoms with Crippen molar-refractivity contribution in [3.8, 4) is 0 Å². The lowest BCUT2D eigenvalue weighted by atomic mass is 10.1. The second-order valence-corrected chi connectivity index (χ2v) is 5.95. The Kier molecular flexibility index (Phi) is 7.93. The van der Waals surface area contributed by atoms with E-state index in [9.17, 15) is 0 Å². The molecule has 0 saturated heterocycles. The maximum Gasteiger partial charge on any atom is 0.190 e. The molecule has 3 nitrogen and oxygen atoms in total. The zero-order valence-electron chi connectivity index (χ0n) is 11.4. The Hall–Kier alpha value is -0.680. The predicted molar refractivity (Wildman–Crippen MR) is 85.1 cm³/mol. The molecule has 0 aliphatic heterocycles. The van der Waals surface area contributed by atoms with Crippen LogP contribution in [0.2, 0.25) is 0 Å². The van der Waals surface area contributed by atoms with Crippen LogP contribution in [0.25, 0.3) is 0 Å². The topological polar surface area (TPSA) is 36.4 Å². The zero-order chi connectivity index (χ0) is 13.2. The fourth-order valence-corrected chi connectivity index (χ4v) is 2.78. The van der Waals surface area contributed by atoms with Crippen LogP contribution >= 0.6 is 23.1 Å². The van der Waals surface area contributed by atoms with E-state index < -0.39 is 0 Å². The smallest absolute Gasteiger partial charge is 0.190 e. The summed E-state index contributed by atoms with van der Waals surface area (Å²) in [6.07, 6.45) is 3.30. The summed E-state index contributed by atoms with van der Waals surface area (Å²) >= 11 is 3.63. The third-order valence-corrected chi connectivity index (χ3v) is 4.13. The number of hydrogen-bond acceptors (Lipinski definition) is 3. The Morgan fingerprint density at radius 3 is 2.94 bits per heavy atom. The molecular weight excluding hydrogens is 262 g/mol. The van der Waals surface area contributed by atoms with E-state index in [0.29, 0.717) is 5.92 Å². The standard InChI is InChI=1S/C13H23N3S2/c1-11(12-5-8-18-10-12)9-16-13(14-2)15-6-4-7-17-3/h5,8,10-11H,4,6-7,9H2,1-3H3,(H2,14,15,16). The van der Waals surface area contributed by atoms with Crippen LogP contribution in [0.15, 0.2) is 21.8 Å². The van der Waals surface area contributed by atoms with E-state index >= 15 is 0 Å². The van der Waals surface area contributed by atoms with Gasteiger partial charge in [-0.1, -0.05) is 6.92 Å². The molecule has 1 atom stereocenters. The van der Waals surface area contributed by atoms with Gasteiger partial charge in [-0.15, -0.1) is 0 Å². The Balaban J connectivity index is 2.23. The highest BCUT2D eigenvalue weighted by atomic mass is 32.2. The molecule has 0 spiro atoms. The van der Waals surface area contributed by atoms with E-state index in [0.717, 1.165) is 19.0 Å². The Bertz CT molecular complexity index is 336. The summed E-state index contributed by atoms with van der Waals surface area (Å²) in [4.78, 5) is 4.23. The normalized spacial score (nSPS) is 13.4. The minimum Gasteiger partial charge on any atom is -0.356 e. The van der Waals surface area contributed by atoms with Gasteiger partial charge >= 0.3 is 0 Å². The zero-order valence-corrected chi connectivity index (χ0v) is 13.0. The molecule has 0 bridgehead atoms. The Morgan fingerprint density at radius 2 is 2.33 bits per heavy atom. The van der Waals surface area contributed by atoms with Crippen molar-refractivity contribution >= 4 is 29.1 Å². The molecule has 0 fully saturated rings. The molecule has 2 N–H and O–H groups in total. The third kappa shape index (κ3) is 5.78. The molecule has 1 aromatic heterocycles. The minimum atomic E-state index is 0.515. The largest absolute Gasteiger partial charge is 0.356 e. The van der Waals surface area contributed by atoms with Crippen LogP contribution in [0.5, 0.6) is 0 Å². The summed E-state index contributed by atoms with van der Waals surface area (Å²) in [5, 5.41) is 11.0. The highest BCUT2D eigenvalue weighted by Gasteiger charge is 2.06. The van der Waals surface area contributed by atoms with Gasteiger partial charge in [-0.2, -0.15) is 23.1 Å². The Labute approximate surface area is 118 Å². The highest BCUT2D eigenvalue weighted by Crippen LogP contribution is 2.16. The van der Waals surface area contributed by atoms with Gasteiger partial charge in [0.15, 0.2) is 5.96 Å². The van der Waals surface area contributed by atoms with Gasteiger partial charge in [-0.05, 0) is 46.7 Å². The van der Waals surface area contributed by atoms with E-state index in [-0.39, 0.29) is 0 Å². The van der Waals surface area contributed by atoms with Gasteiger partial charge in [0, 0.05) is 20.1 Å². The average Bonchev–Trinajstić information content (AvgIpc) is 2.91. The van der Waals surface area contributed by atoms with Gasteiger partial charge < -0.3 is 10.6 Å². The van der Waals surface area contributed by atoms with E-state index in [1.165, 1.54) is 17.7 Å². The average molecular weight is 285 g/mol. The fraction of sp³-hybridized carbons (Fsp3) is 0.615. The van der Waals surface area contributed by atoms with Crippen molar-refractivity contribution in [3.63, 3.8) is 0 Å². The summed E-state index contributed by atoms with van der Waals surface area (Å²) in [5.41, 5.74) is 1.39. The van der Waals surface area contributed by atoms with Crippen molar-refractivity contribution in [2.75, 3.05) is 32.1 Å². The monoisotopic (exact) mass is 285 g/mol. The first-order valence-electron chi connectivity index (χ1n) is 6.23. The first kappa shape index (κ1) is 15.4. The first-order valence-corrected chi connectivity index (χ1v) is 8.57. The lowest BCUT2D eigenvalue weighted by Gasteiger charge is -2.15. The van der Waals surface area contributed by atoms with Crippen LogP contribution in [-0.2, 0) is 0 Å². The van der Waals surface area contributed by atoms with Crippen molar-refractivity contribution in [2.24, 2.45) is 4.99 Å². The lowest BCUT2D eigenvalue weighted by molar-refractivity contribution is 0.698. The van der Waals surface area contributed by atoms with Gasteiger partial charge in [0.2, 0.25) is 0 Å². The van der Waals surface area contributed by atoms with E-state index in [2.05, 4.69) is 45.6 Å². The summed E-state index contributed by atoms with van der Waals surface area (Å²) in [7, 11) is 1.82. The lowest BCUT2D eigenvalue weighted by Crippen LogP contribution is -2.39. The number of rotatable bonds is 7. The Morgan fingerprint density at radius 1 is 1.50 bits per heavy atom. The van der Waals surface area contributed by atoms with Crippen molar-refractivity contribution in [2.45, 2.75) is 19.3 Å². The van der Waals surface area contributed by atoms with Crippen LogP contribution in [-0.4, -0.2) is 38.1 Å². The molecule has 1 heterocycles. The first-order chi connectivity index (χ1) is 8.77. The van der Waals surface area contributed by atoms with Crippen LogP contribution in [0.3, 0.4) is 0 Å². The summed E-state index contributed by atoms with van der Waals surface area (Å²) in [6.45, 7) is 4.13. The summed E-state index contributed by atoms with van der Waals surface area (Å²) < 4.78 is 0. The molecular formula is C13H23N3S2. The van der Waals surface area contributed by atoms with E-state index in [1.807, 2.05) is 18.8 Å². The van der Waals surface area contributed by atoms with E-state index in [1.54, 1.807) is 11.3 Å². The fourth-order valence-electron chi connectivity index (χ4n) is 1.57. The SMILES string of the molecule is CN=C(NCCCSC)NCC(C)c1ccsc1. The van der Waals surface area contributed by atoms with E-state index in [4.69, 9.17) is 0 Å². The number of nitrogens with zero attached hydrogens (tertiary/aromatic N) is 1. The van der Waals surface area contributed by atoms with Gasteiger partial charge in [-0.3, -0.25) is 4.99 Å². The maximum atomic E-state index is 4.23. The second-order valence-electron chi connectivity index (χ2n) is 4.18. The number of hydrogen-bond donors (Lipinski definition) is 2. The molecule has 1 aromatic rings. The number of aliphatic imine (C=N–C) groups is 1. The summed E-state index contributed by atoms with van der Waals surface area (Å²) in [6, 6.07) is 2.19. The van der Waals surface area contributed by atoms with Crippen molar-refractivity contribution in [1.29, 1.82) is 0 Å². The maximum absolute atomic E-state index is 4.23. The molecule has 18 heavy (non-hydrogen) atoms. The summed E-state index contributed by atoms with van der Waals surface area (Å²) in [5.74, 6) is 2.61. The second kappa shape index (κ2) is 9.28. The molecule has 0 amide bonds. The van der Waals surface area contributed by atoms with Gasteiger partial charge in [0.1, 0.15) is 0 Å². The van der Waals surface area contributed by atoms with Crippen LogP contribution in [0.1, 0.15) is 24.8 Å². The predicted octanol–water partition coefficient (Wildman–Crippen LogP) is 2.77. The molecule has 1 unspecified atom stereocenters. The quantitative estimate of drug-likeness (QED) is 0.459. The van der Waals surface area contributed by atoms with Crippen molar-refractivity contribution in [1.82, 2.24) is 10.6 Å².